The molecule has 0 aliphatic rings. The molecule has 180 valence electrons. The largest absolute Gasteiger partial charge is 0.494 e. The molecule has 7 nitrogen and oxygen atoms in total. The van der Waals surface area contributed by atoms with Crippen LogP contribution in [-0.2, 0) is 11.3 Å². The van der Waals surface area contributed by atoms with Gasteiger partial charge in [-0.15, -0.1) is 0 Å². The Morgan fingerprint density at radius 1 is 1.00 bits per heavy atom. The first-order chi connectivity index (χ1) is 16.7. The molecule has 10 heteroatoms. The van der Waals surface area contributed by atoms with E-state index < -0.39 is 29.1 Å². The first-order valence-corrected chi connectivity index (χ1v) is 10.4. The van der Waals surface area contributed by atoms with Gasteiger partial charge in [0, 0.05) is 46.7 Å². The first kappa shape index (κ1) is 23.8. The van der Waals surface area contributed by atoms with Gasteiger partial charge in [0.15, 0.2) is 11.6 Å². The molecule has 0 aliphatic heterocycles. The molecule has 0 bridgehead atoms. The van der Waals surface area contributed by atoms with Crippen LogP contribution in [0.25, 0.3) is 10.9 Å². The third kappa shape index (κ3) is 4.54. The smallest absolute Gasteiger partial charge is 0.296 e. The number of aromatic nitrogens is 2. The lowest BCUT2D eigenvalue weighted by molar-refractivity contribution is -0.112. The highest BCUT2D eigenvalue weighted by atomic mass is 19.1. The summed E-state index contributed by atoms with van der Waals surface area (Å²) >= 11 is 0. The third-order valence-corrected chi connectivity index (χ3v) is 5.58. The Balaban J connectivity index is 1.81. The van der Waals surface area contributed by atoms with E-state index in [9.17, 15) is 22.8 Å². The van der Waals surface area contributed by atoms with Crippen molar-refractivity contribution in [3.63, 3.8) is 0 Å². The van der Waals surface area contributed by atoms with E-state index in [0.717, 1.165) is 18.2 Å². The fraction of sp³-hybridized carbons (Fsp3) is 0.160. The molecule has 1 amide bonds. The number of anilines is 1. The van der Waals surface area contributed by atoms with Crippen LogP contribution in [0, 0.1) is 24.4 Å². The Labute approximate surface area is 198 Å². The standard InChI is InChI=1S/C25H20F3N3O4/c1-13-23(24(32)25(33)30-16-6-7-29-22(9-16)35-3)17-10-21(34-2)19(28)11-20(17)31(13)12-14-4-5-15(26)8-18(14)27/h4-11H,12H2,1-3H3,(H,29,30,33). The van der Waals surface area contributed by atoms with Crippen LogP contribution in [0.3, 0.4) is 0 Å². The van der Waals surface area contributed by atoms with Crippen LogP contribution < -0.4 is 14.8 Å². The number of nitrogens with zero attached hydrogens (tertiary/aromatic N) is 2. The van der Waals surface area contributed by atoms with E-state index in [1.807, 2.05) is 0 Å². The Kier molecular flexibility index (Phi) is 6.46. The summed E-state index contributed by atoms with van der Waals surface area (Å²) in [5.41, 5.74) is 0.943. The molecular weight excluding hydrogens is 463 g/mol. The number of carbonyl (C=O) groups excluding carboxylic acids is 2. The van der Waals surface area contributed by atoms with E-state index in [1.54, 1.807) is 6.92 Å². The van der Waals surface area contributed by atoms with Crippen molar-refractivity contribution in [3.8, 4) is 11.6 Å². The maximum Gasteiger partial charge on any atom is 0.296 e. The van der Waals surface area contributed by atoms with Gasteiger partial charge in [0.05, 0.1) is 31.8 Å². The number of carbonyl (C=O) groups is 2. The SMILES string of the molecule is COc1cc(NC(=O)C(=O)c2c(C)n(Cc3ccc(F)cc3F)c3cc(F)c(OC)cc23)ccn1. The maximum atomic E-state index is 14.6. The van der Waals surface area contributed by atoms with Crippen molar-refractivity contribution in [1.29, 1.82) is 0 Å². The van der Waals surface area contributed by atoms with Crippen molar-refractivity contribution in [2.24, 2.45) is 0 Å². The van der Waals surface area contributed by atoms with Crippen molar-refractivity contribution in [2.75, 3.05) is 19.5 Å². The molecule has 1 N–H and O–H groups in total. The second kappa shape index (κ2) is 9.49. The van der Waals surface area contributed by atoms with Crippen LogP contribution in [0.15, 0.2) is 48.7 Å². The molecule has 0 aliphatic carbocycles. The average Bonchev–Trinajstić information content (AvgIpc) is 3.09. The molecule has 0 spiro atoms. The Morgan fingerprint density at radius 3 is 2.46 bits per heavy atom. The number of methoxy groups -OCH3 is 2. The Hall–Kier alpha value is -4.34. The number of halogens is 3. The van der Waals surface area contributed by atoms with Crippen LogP contribution in [0.5, 0.6) is 11.6 Å². The second-order valence-corrected chi connectivity index (χ2v) is 7.66. The lowest BCUT2D eigenvalue weighted by Crippen LogP contribution is -2.23. The molecule has 35 heavy (non-hydrogen) atoms. The summed E-state index contributed by atoms with van der Waals surface area (Å²) in [5.74, 6) is -3.97. The topological polar surface area (TPSA) is 82.5 Å². The molecular formula is C25H20F3N3O4. The van der Waals surface area contributed by atoms with Gasteiger partial charge in [0.1, 0.15) is 11.6 Å². The second-order valence-electron chi connectivity index (χ2n) is 7.66. The van der Waals surface area contributed by atoms with E-state index >= 15 is 0 Å². The predicted octanol–water partition coefficient (Wildman–Crippen LogP) is 4.65. The lowest BCUT2D eigenvalue weighted by atomic mass is 10.1. The summed E-state index contributed by atoms with van der Waals surface area (Å²) in [4.78, 5) is 30.1. The number of fused-ring (bicyclic) bond motifs is 1. The van der Waals surface area contributed by atoms with Gasteiger partial charge >= 0.3 is 0 Å². The fourth-order valence-corrected chi connectivity index (χ4v) is 3.84. The van der Waals surface area contributed by atoms with E-state index in [2.05, 4.69) is 10.3 Å². The number of hydrogen-bond donors (Lipinski definition) is 1. The van der Waals surface area contributed by atoms with E-state index in [1.165, 1.54) is 49.2 Å². The van der Waals surface area contributed by atoms with E-state index in [0.29, 0.717) is 5.69 Å². The van der Waals surface area contributed by atoms with Crippen molar-refractivity contribution in [1.82, 2.24) is 9.55 Å². The molecule has 0 saturated heterocycles. The van der Waals surface area contributed by atoms with Gasteiger partial charge in [-0.3, -0.25) is 9.59 Å². The van der Waals surface area contributed by atoms with Crippen LogP contribution in [0.1, 0.15) is 21.6 Å². The molecule has 2 aromatic carbocycles. The van der Waals surface area contributed by atoms with E-state index in [4.69, 9.17) is 9.47 Å². The number of ketones is 1. The number of ether oxygens (including phenoxy) is 2. The molecule has 4 rings (SSSR count). The highest BCUT2D eigenvalue weighted by molar-refractivity contribution is 6.48. The van der Waals surface area contributed by atoms with Crippen molar-refractivity contribution in [2.45, 2.75) is 13.5 Å². The number of benzene rings is 2. The van der Waals surface area contributed by atoms with Crippen LogP contribution >= 0.6 is 0 Å². The van der Waals surface area contributed by atoms with Crippen LogP contribution in [0.4, 0.5) is 18.9 Å². The molecule has 2 heterocycles. The quantitative estimate of drug-likeness (QED) is 0.306. The molecule has 0 fully saturated rings. The monoisotopic (exact) mass is 483 g/mol. The number of Topliss-reactive ketones (excluding diaryl/α,β-unsaturated/α-hetero) is 1. The zero-order chi connectivity index (χ0) is 25.3. The van der Waals surface area contributed by atoms with Gasteiger partial charge in [-0.25, -0.2) is 18.2 Å². The number of amides is 1. The van der Waals surface area contributed by atoms with Gasteiger partial charge in [0.25, 0.3) is 11.7 Å². The number of hydrogen-bond acceptors (Lipinski definition) is 5. The number of pyridine rings is 1. The Morgan fingerprint density at radius 2 is 1.77 bits per heavy atom. The summed E-state index contributed by atoms with van der Waals surface area (Å²) in [6, 6.07) is 8.49. The maximum absolute atomic E-state index is 14.6. The lowest BCUT2D eigenvalue weighted by Gasteiger charge is -2.10. The third-order valence-electron chi connectivity index (χ3n) is 5.58. The van der Waals surface area contributed by atoms with Crippen molar-refractivity contribution >= 4 is 28.3 Å². The summed E-state index contributed by atoms with van der Waals surface area (Å²) in [7, 11) is 2.68. The Bertz CT molecular complexity index is 1470. The van der Waals surface area contributed by atoms with Crippen LogP contribution in [-0.4, -0.2) is 35.5 Å². The summed E-state index contributed by atoms with van der Waals surface area (Å²) in [6.45, 7) is 1.43. The molecule has 2 aromatic heterocycles. The summed E-state index contributed by atoms with van der Waals surface area (Å²) in [6.07, 6.45) is 1.40. The molecule has 4 aromatic rings. The minimum Gasteiger partial charge on any atom is -0.494 e. The highest BCUT2D eigenvalue weighted by Crippen LogP contribution is 2.33. The van der Waals surface area contributed by atoms with Crippen molar-refractivity contribution < 1.29 is 32.2 Å². The highest BCUT2D eigenvalue weighted by Gasteiger charge is 2.27. The average molecular weight is 483 g/mol. The zero-order valence-electron chi connectivity index (χ0n) is 19.0. The predicted molar refractivity (Wildman–Crippen MR) is 122 cm³/mol. The zero-order valence-corrected chi connectivity index (χ0v) is 19.0. The normalized spacial score (nSPS) is 10.9. The van der Waals surface area contributed by atoms with Gasteiger partial charge in [-0.2, -0.15) is 0 Å². The molecule has 0 atom stereocenters. The van der Waals surface area contributed by atoms with Gasteiger partial charge < -0.3 is 19.4 Å². The van der Waals surface area contributed by atoms with Gasteiger partial charge in [-0.05, 0) is 25.1 Å². The summed E-state index contributed by atoms with van der Waals surface area (Å²) < 4.78 is 53.9. The number of nitrogens with one attached hydrogen (secondary N) is 1. The fourth-order valence-electron chi connectivity index (χ4n) is 3.84. The van der Waals surface area contributed by atoms with Crippen molar-refractivity contribution in [3.05, 3.63) is 82.9 Å². The minimum absolute atomic E-state index is 0.000610. The first-order valence-electron chi connectivity index (χ1n) is 10.4. The molecule has 0 radical (unpaired) electrons. The molecule has 0 saturated carbocycles. The summed E-state index contributed by atoms with van der Waals surface area (Å²) in [5, 5.41) is 2.74. The number of rotatable bonds is 7. The van der Waals surface area contributed by atoms with E-state index in [-0.39, 0.29) is 45.9 Å². The van der Waals surface area contributed by atoms with Crippen LogP contribution in [0.2, 0.25) is 0 Å². The minimum atomic E-state index is -0.948. The van der Waals surface area contributed by atoms with Gasteiger partial charge in [0.2, 0.25) is 5.88 Å². The molecule has 0 unspecified atom stereocenters. The van der Waals surface area contributed by atoms with Gasteiger partial charge in [-0.1, -0.05) is 6.07 Å².